The van der Waals surface area contributed by atoms with Crippen molar-refractivity contribution in [1.82, 2.24) is 15.2 Å². The molecular formula is C20H26N4O2. The second kappa shape index (κ2) is 9.20. The molecule has 1 aromatic heterocycles. The molecule has 26 heavy (non-hydrogen) atoms. The first-order chi connectivity index (χ1) is 12.7. The first-order valence-electron chi connectivity index (χ1n) is 9.02. The van der Waals surface area contributed by atoms with Crippen LogP contribution in [0, 0.1) is 0 Å². The van der Waals surface area contributed by atoms with Gasteiger partial charge in [0.2, 0.25) is 5.91 Å². The molecule has 2 aromatic rings. The van der Waals surface area contributed by atoms with Gasteiger partial charge in [0.1, 0.15) is 11.6 Å². The van der Waals surface area contributed by atoms with Crippen LogP contribution in [0.4, 0.5) is 5.82 Å². The molecule has 0 bridgehead atoms. The van der Waals surface area contributed by atoms with Gasteiger partial charge in [0.05, 0.1) is 13.7 Å². The Morgan fingerprint density at radius 1 is 1.12 bits per heavy atom. The van der Waals surface area contributed by atoms with Gasteiger partial charge in [-0.25, -0.2) is 4.98 Å². The predicted octanol–water partition coefficient (Wildman–Crippen LogP) is 1.57. The van der Waals surface area contributed by atoms with Crippen molar-refractivity contribution in [3.05, 3.63) is 54.2 Å². The summed E-state index contributed by atoms with van der Waals surface area (Å²) in [7, 11) is 1.66. The lowest BCUT2D eigenvalue weighted by Crippen LogP contribution is -2.49. The number of ether oxygens (including phenoxy) is 1. The van der Waals surface area contributed by atoms with E-state index in [2.05, 4.69) is 20.1 Å². The van der Waals surface area contributed by atoms with Crippen LogP contribution in [0.3, 0.4) is 0 Å². The number of carbonyl (C=O) groups is 1. The average Bonchev–Trinajstić information content (AvgIpc) is 2.70. The Bertz CT molecular complexity index is 683. The number of amides is 1. The van der Waals surface area contributed by atoms with Crippen molar-refractivity contribution in [3.63, 3.8) is 0 Å². The van der Waals surface area contributed by atoms with E-state index < -0.39 is 0 Å². The molecule has 1 amide bonds. The van der Waals surface area contributed by atoms with Gasteiger partial charge in [-0.3, -0.25) is 9.69 Å². The highest BCUT2D eigenvalue weighted by atomic mass is 16.5. The normalized spacial score (nSPS) is 14.9. The molecule has 0 aliphatic carbocycles. The maximum absolute atomic E-state index is 12.2. The SMILES string of the molecule is COc1ccc(CCNC(=O)CN2CCN(c3ccccn3)CC2)cc1. The van der Waals surface area contributed by atoms with Crippen molar-refractivity contribution in [1.29, 1.82) is 0 Å². The number of pyridine rings is 1. The molecule has 0 radical (unpaired) electrons. The number of hydrogen-bond acceptors (Lipinski definition) is 5. The zero-order valence-corrected chi connectivity index (χ0v) is 15.2. The van der Waals surface area contributed by atoms with E-state index in [1.165, 1.54) is 5.56 Å². The van der Waals surface area contributed by atoms with E-state index in [0.29, 0.717) is 13.1 Å². The van der Waals surface area contributed by atoms with Crippen LogP contribution >= 0.6 is 0 Å². The number of piperazine rings is 1. The monoisotopic (exact) mass is 354 g/mol. The first kappa shape index (κ1) is 18.2. The maximum atomic E-state index is 12.2. The third kappa shape index (κ3) is 5.20. The van der Waals surface area contributed by atoms with Crippen LogP contribution < -0.4 is 15.0 Å². The molecule has 1 aliphatic rings. The summed E-state index contributed by atoms with van der Waals surface area (Å²) in [6.45, 7) is 4.66. The Hall–Kier alpha value is -2.60. The molecule has 0 saturated carbocycles. The maximum Gasteiger partial charge on any atom is 0.234 e. The van der Waals surface area contributed by atoms with Crippen LogP contribution in [0.1, 0.15) is 5.56 Å². The lowest BCUT2D eigenvalue weighted by molar-refractivity contribution is -0.122. The van der Waals surface area contributed by atoms with E-state index in [1.807, 2.05) is 48.7 Å². The Balaban J connectivity index is 1.35. The fraction of sp³-hybridized carbons (Fsp3) is 0.400. The van der Waals surface area contributed by atoms with Gasteiger partial charge in [-0.05, 0) is 36.2 Å². The summed E-state index contributed by atoms with van der Waals surface area (Å²) in [6, 6.07) is 13.9. The molecule has 2 heterocycles. The largest absolute Gasteiger partial charge is 0.497 e. The second-order valence-electron chi connectivity index (χ2n) is 6.40. The molecule has 3 rings (SSSR count). The molecule has 0 unspecified atom stereocenters. The van der Waals surface area contributed by atoms with Gasteiger partial charge in [-0.15, -0.1) is 0 Å². The third-order valence-corrected chi connectivity index (χ3v) is 4.61. The number of anilines is 1. The van der Waals surface area contributed by atoms with Crippen LogP contribution in [0.5, 0.6) is 5.75 Å². The quantitative estimate of drug-likeness (QED) is 0.818. The minimum Gasteiger partial charge on any atom is -0.497 e. The van der Waals surface area contributed by atoms with Crippen LogP contribution in [0.15, 0.2) is 48.7 Å². The van der Waals surface area contributed by atoms with E-state index in [0.717, 1.165) is 44.2 Å². The topological polar surface area (TPSA) is 57.7 Å². The zero-order valence-electron chi connectivity index (χ0n) is 15.2. The van der Waals surface area contributed by atoms with Gasteiger partial charge < -0.3 is 15.0 Å². The van der Waals surface area contributed by atoms with Gasteiger partial charge >= 0.3 is 0 Å². The summed E-state index contributed by atoms with van der Waals surface area (Å²) in [4.78, 5) is 21.0. The fourth-order valence-electron chi connectivity index (χ4n) is 3.07. The minimum atomic E-state index is 0.0878. The Morgan fingerprint density at radius 3 is 2.54 bits per heavy atom. The molecule has 1 aromatic carbocycles. The lowest BCUT2D eigenvalue weighted by atomic mass is 10.1. The van der Waals surface area contributed by atoms with E-state index in [4.69, 9.17) is 4.74 Å². The van der Waals surface area contributed by atoms with Gasteiger partial charge in [0, 0.05) is 38.9 Å². The van der Waals surface area contributed by atoms with Crippen molar-refractivity contribution < 1.29 is 9.53 Å². The highest BCUT2D eigenvalue weighted by molar-refractivity contribution is 5.78. The molecule has 6 nitrogen and oxygen atoms in total. The van der Waals surface area contributed by atoms with Crippen molar-refractivity contribution >= 4 is 11.7 Å². The number of methoxy groups -OCH3 is 1. The lowest BCUT2D eigenvalue weighted by Gasteiger charge is -2.34. The molecule has 1 aliphatic heterocycles. The summed E-state index contributed by atoms with van der Waals surface area (Å²) >= 11 is 0. The van der Waals surface area contributed by atoms with Crippen molar-refractivity contribution in [2.75, 3.05) is 51.3 Å². The van der Waals surface area contributed by atoms with Crippen LogP contribution in [-0.4, -0.2) is 62.2 Å². The van der Waals surface area contributed by atoms with E-state index >= 15 is 0 Å². The summed E-state index contributed by atoms with van der Waals surface area (Å²) < 4.78 is 5.15. The third-order valence-electron chi connectivity index (χ3n) is 4.61. The standard InChI is InChI=1S/C20H26N4O2/c1-26-18-7-5-17(6-8-18)9-11-22-20(25)16-23-12-14-24(15-13-23)19-4-2-3-10-21-19/h2-8,10H,9,11-16H2,1H3,(H,22,25). The van der Waals surface area contributed by atoms with Gasteiger partial charge in [0.15, 0.2) is 0 Å². The number of hydrogen-bond donors (Lipinski definition) is 1. The second-order valence-corrected chi connectivity index (χ2v) is 6.40. The van der Waals surface area contributed by atoms with Crippen LogP contribution in [-0.2, 0) is 11.2 Å². The smallest absolute Gasteiger partial charge is 0.234 e. The molecule has 1 saturated heterocycles. The van der Waals surface area contributed by atoms with E-state index in [9.17, 15) is 4.79 Å². The number of nitrogens with zero attached hydrogens (tertiary/aromatic N) is 3. The molecule has 0 spiro atoms. The van der Waals surface area contributed by atoms with Crippen LogP contribution in [0.2, 0.25) is 0 Å². The highest BCUT2D eigenvalue weighted by Gasteiger charge is 2.19. The van der Waals surface area contributed by atoms with Crippen molar-refractivity contribution in [3.8, 4) is 5.75 Å². The minimum absolute atomic E-state index is 0.0878. The highest BCUT2D eigenvalue weighted by Crippen LogP contribution is 2.12. The molecule has 6 heteroatoms. The Kier molecular flexibility index (Phi) is 6.44. The van der Waals surface area contributed by atoms with Gasteiger partial charge in [-0.2, -0.15) is 0 Å². The van der Waals surface area contributed by atoms with Gasteiger partial charge in [0.25, 0.3) is 0 Å². The number of nitrogens with one attached hydrogen (secondary N) is 1. The molecule has 1 fully saturated rings. The fourth-order valence-corrected chi connectivity index (χ4v) is 3.07. The number of aromatic nitrogens is 1. The molecule has 138 valence electrons. The van der Waals surface area contributed by atoms with Crippen molar-refractivity contribution in [2.24, 2.45) is 0 Å². The summed E-state index contributed by atoms with van der Waals surface area (Å²) in [5, 5.41) is 3.01. The summed E-state index contributed by atoms with van der Waals surface area (Å²) in [6.07, 6.45) is 2.64. The Morgan fingerprint density at radius 2 is 1.88 bits per heavy atom. The molecule has 0 atom stereocenters. The first-order valence-corrected chi connectivity index (χ1v) is 9.02. The molecular weight excluding hydrogens is 328 g/mol. The van der Waals surface area contributed by atoms with E-state index in [1.54, 1.807) is 7.11 Å². The van der Waals surface area contributed by atoms with E-state index in [-0.39, 0.29) is 5.91 Å². The van der Waals surface area contributed by atoms with Crippen LogP contribution in [0.25, 0.3) is 0 Å². The predicted molar refractivity (Wildman–Crippen MR) is 103 cm³/mol. The summed E-state index contributed by atoms with van der Waals surface area (Å²) in [5.74, 6) is 1.95. The molecule has 1 N–H and O–H groups in total. The summed E-state index contributed by atoms with van der Waals surface area (Å²) in [5.41, 5.74) is 1.19. The zero-order chi connectivity index (χ0) is 18.2. The average molecular weight is 354 g/mol. The van der Waals surface area contributed by atoms with Gasteiger partial charge in [-0.1, -0.05) is 18.2 Å². The number of benzene rings is 1. The van der Waals surface area contributed by atoms with Crippen molar-refractivity contribution in [2.45, 2.75) is 6.42 Å². The Labute approximate surface area is 154 Å². The number of carbonyl (C=O) groups excluding carboxylic acids is 1. The number of rotatable bonds is 7.